The summed E-state index contributed by atoms with van der Waals surface area (Å²) < 4.78 is 0. The second kappa shape index (κ2) is 3.94. The van der Waals surface area contributed by atoms with E-state index in [1.54, 1.807) is 0 Å². The van der Waals surface area contributed by atoms with Crippen molar-refractivity contribution < 1.29 is 1.43 Å². The van der Waals surface area contributed by atoms with Gasteiger partial charge in [-0.25, -0.2) is 0 Å². The van der Waals surface area contributed by atoms with Crippen LogP contribution < -0.4 is 5.32 Å². The summed E-state index contributed by atoms with van der Waals surface area (Å²) in [6.07, 6.45) is 2.73. The topological polar surface area (TPSA) is 15.3 Å². The molecule has 1 unspecified atom stereocenters. The zero-order valence-corrected chi connectivity index (χ0v) is 7.06. The van der Waals surface area contributed by atoms with Crippen LogP contribution in [0.1, 0.15) is 21.2 Å². The molecule has 2 nitrogen and oxygen atoms in total. The second-order valence-corrected chi connectivity index (χ2v) is 3.15. The molecule has 1 atom stereocenters. The molecule has 1 fully saturated rings. The monoisotopic (exact) mass is 144 g/mol. The molecule has 0 aromatic heterocycles. The maximum absolute atomic E-state index is 3.48. The van der Waals surface area contributed by atoms with Crippen LogP contribution in [0.3, 0.4) is 0 Å². The molecule has 1 heterocycles. The van der Waals surface area contributed by atoms with Crippen LogP contribution in [0, 0.1) is 0 Å². The number of rotatable bonds is 3. The van der Waals surface area contributed by atoms with E-state index in [0.717, 1.165) is 12.6 Å². The summed E-state index contributed by atoms with van der Waals surface area (Å²) in [6, 6.07) is 0.768. The third kappa shape index (κ3) is 2.27. The van der Waals surface area contributed by atoms with E-state index in [9.17, 15) is 0 Å². The molecular formula is C8H20N2. The quantitative estimate of drug-likeness (QED) is 0.634. The summed E-state index contributed by atoms with van der Waals surface area (Å²) in [5.41, 5.74) is 0. The summed E-state index contributed by atoms with van der Waals surface area (Å²) >= 11 is 0. The molecule has 10 heavy (non-hydrogen) atoms. The first-order valence-electron chi connectivity index (χ1n) is 4.25. The Labute approximate surface area is 65.1 Å². The standard InChI is InChI=1S/C8H18N2.H2/c1-3-10(2)7-8-5-4-6-9-8;/h8-9H,3-7H2,1-2H3;1H. The Balaban J connectivity index is 0.000001000. The Morgan fingerprint density at radius 1 is 1.70 bits per heavy atom. The van der Waals surface area contributed by atoms with Gasteiger partial charge in [0.2, 0.25) is 0 Å². The van der Waals surface area contributed by atoms with E-state index in [0.29, 0.717) is 0 Å². The van der Waals surface area contributed by atoms with Crippen LogP contribution in [0.4, 0.5) is 0 Å². The zero-order chi connectivity index (χ0) is 7.40. The Morgan fingerprint density at radius 2 is 2.50 bits per heavy atom. The van der Waals surface area contributed by atoms with Gasteiger partial charge < -0.3 is 10.2 Å². The third-order valence-corrected chi connectivity index (χ3v) is 2.23. The number of nitrogens with zero attached hydrogens (tertiary/aromatic N) is 1. The van der Waals surface area contributed by atoms with E-state index in [4.69, 9.17) is 0 Å². The average molecular weight is 144 g/mol. The molecule has 0 bridgehead atoms. The van der Waals surface area contributed by atoms with Crippen molar-refractivity contribution in [2.45, 2.75) is 25.8 Å². The lowest BCUT2D eigenvalue weighted by Gasteiger charge is -2.18. The molecule has 0 aromatic carbocycles. The van der Waals surface area contributed by atoms with Crippen LogP contribution in [0.2, 0.25) is 0 Å². The predicted octanol–water partition coefficient (Wildman–Crippen LogP) is 0.936. The number of hydrogen-bond acceptors (Lipinski definition) is 2. The molecule has 0 spiro atoms. The molecule has 0 aromatic rings. The molecule has 0 saturated carbocycles. The minimum absolute atomic E-state index is 0. The first-order chi connectivity index (χ1) is 4.83. The summed E-state index contributed by atoms with van der Waals surface area (Å²) in [4.78, 5) is 2.36. The lowest BCUT2D eigenvalue weighted by atomic mass is 10.2. The van der Waals surface area contributed by atoms with E-state index in [2.05, 4.69) is 24.2 Å². The van der Waals surface area contributed by atoms with Crippen molar-refractivity contribution >= 4 is 0 Å². The first kappa shape index (κ1) is 8.02. The minimum Gasteiger partial charge on any atom is -0.313 e. The van der Waals surface area contributed by atoms with Crippen LogP contribution in [-0.4, -0.2) is 37.6 Å². The smallest absolute Gasteiger partial charge is 0.0195 e. The van der Waals surface area contributed by atoms with Crippen molar-refractivity contribution in [3.8, 4) is 0 Å². The minimum atomic E-state index is 0. The molecular weight excluding hydrogens is 124 g/mol. The first-order valence-corrected chi connectivity index (χ1v) is 4.25. The number of nitrogens with one attached hydrogen (secondary N) is 1. The van der Waals surface area contributed by atoms with Gasteiger partial charge in [-0.05, 0) is 33.0 Å². The van der Waals surface area contributed by atoms with E-state index in [1.165, 1.54) is 25.9 Å². The van der Waals surface area contributed by atoms with Gasteiger partial charge in [-0.2, -0.15) is 0 Å². The van der Waals surface area contributed by atoms with E-state index in [1.807, 2.05) is 0 Å². The van der Waals surface area contributed by atoms with Gasteiger partial charge in [-0.1, -0.05) is 6.92 Å². The fourth-order valence-electron chi connectivity index (χ4n) is 1.42. The zero-order valence-electron chi connectivity index (χ0n) is 7.06. The number of hydrogen-bond donors (Lipinski definition) is 1. The highest BCUT2D eigenvalue weighted by molar-refractivity contribution is 4.76. The largest absolute Gasteiger partial charge is 0.313 e. The molecule has 0 amide bonds. The van der Waals surface area contributed by atoms with Crippen molar-refractivity contribution in [3.63, 3.8) is 0 Å². The Morgan fingerprint density at radius 3 is 3.00 bits per heavy atom. The fraction of sp³-hybridized carbons (Fsp3) is 1.00. The lowest BCUT2D eigenvalue weighted by molar-refractivity contribution is 0.315. The van der Waals surface area contributed by atoms with Crippen molar-refractivity contribution in [1.82, 2.24) is 10.2 Å². The van der Waals surface area contributed by atoms with E-state index < -0.39 is 0 Å². The van der Waals surface area contributed by atoms with Gasteiger partial charge in [0.15, 0.2) is 0 Å². The predicted molar refractivity (Wildman–Crippen MR) is 46.3 cm³/mol. The van der Waals surface area contributed by atoms with Gasteiger partial charge in [0.05, 0.1) is 0 Å². The van der Waals surface area contributed by atoms with Crippen molar-refractivity contribution in [3.05, 3.63) is 0 Å². The van der Waals surface area contributed by atoms with Gasteiger partial charge in [0.1, 0.15) is 0 Å². The lowest BCUT2D eigenvalue weighted by Crippen LogP contribution is -2.35. The highest BCUT2D eigenvalue weighted by Crippen LogP contribution is 2.05. The number of likely N-dealkylation sites (N-methyl/N-ethyl adjacent to an activating group) is 1. The van der Waals surface area contributed by atoms with Gasteiger partial charge >= 0.3 is 0 Å². The van der Waals surface area contributed by atoms with Crippen LogP contribution in [0.25, 0.3) is 0 Å². The van der Waals surface area contributed by atoms with Crippen LogP contribution in [-0.2, 0) is 0 Å². The van der Waals surface area contributed by atoms with E-state index >= 15 is 0 Å². The van der Waals surface area contributed by atoms with E-state index in [-0.39, 0.29) is 1.43 Å². The molecule has 2 heteroatoms. The summed E-state index contributed by atoms with van der Waals surface area (Å²) in [6.45, 7) is 5.81. The third-order valence-electron chi connectivity index (χ3n) is 2.23. The fourth-order valence-corrected chi connectivity index (χ4v) is 1.42. The SMILES string of the molecule is CCN(C)CC1CCCN1.[HH]. The van der Waals surface area contributed by atoms with Gasteiger partial charge in [-0.15, -0.1) is 0 Å². The van der Waals surface area contributed by atoms with Crippen molar-refractivity contribution in [1.29, 1.82) is 0 Å². The molecule has 0 aliphatic carbocycles. The van der Waals surface area contributed by atoms with Gasteiger partial charge in [0, 0.05) is 14.0 Å². The van der Waals surface area contributed by atoms with Crippen LogP contribution in [0.15, 0.2) is 0 Å². The maximum Gasteiger partial charge on any atom is 0.0195 e. The molecule has 62 valence electrons. The molecule has 1 rings (SSSR count). The van der Waals surface area contributed by atoms with Crippen molar-refractivity contribution in [2.75, 3.05) is 26.7 Å². The van der Waals surface area contributed by atoms with Crippen molar-refractivity contribution in [2.24, 2.45) is 0 Å². The maximum atomic E-state index is 3.48. The molecule has 0 radical (unpaired) electrons. The summed E-state index contributed by atoms with van der Waals surface area (Å²) in [5, 5.41) is 3.48. The molecule has 1 aliphatic heterocycles. The highest BCUT2D eigenvalue weighted by Gasteiger charge is 2.14. The van der Waals surface area contributed by atoms with Gasteiger partial charge in [-0.3, -0.25) is 0 Å². The summed E-state index contributed by atoms with van der Waals surface area (Å²) in [5.74, 6) is 0. The van der Waals surface area contributed by atoms with Gasteiger partial charge in [0.25, 0.3) is 0 Å². The Hall–Kier alpha value is -0.0800. The average Bonchev–Trinajstić information content (AvgIpc) is 2.40. The second-order valence-electron chi connectivity index (χ2n) is 3.15. The Kier molecular flexibility index (Phi) is 3.16. The van der Waals surface area contributed by atoms with Crippen LogP contribution in [0.5, 0.6) is 0 Å². The molecule has 1 saturated heterocycles. The van der Waals surface area contributed by atoms with Crippen LogP contribution >= 0.6 is 0 Å². The Bertz CT molecular complexity index is 92.1. The molecule has 1 N–H and O–H groups in total. The molecule has 1 aliphatic rings. The normalized spacial score (nSPS) is 26.1. The summed E-state index contributed by atoms with van der Waals surface area (Å²) in [7, 11) is 2.18. The highest BCUT2D eigenvalue weighted by atomic mass is 15.1.